The number of hydrogen-bond acceptors (Lipinski definition) is 5. The molecule has 1 atom stereocenters. The highest BCUT2D eigenvalue weighted by atomic mass is 32.2. The predicted molar refractivity (Wildman–Crippen MR) is 126 cm³/mol. The molecule has 0 radical (unpaired) electrons. The number of hydrogen-bond donors (Lipinski definition) is 1. The van der Waals surface area contributed by atoms with E-state index in [4.69, 9.17) is 12.2 Å². The van der Waals surface area contributed by atoms with Crippen molar-refractivity contribution in [3.63, 3.8) is 0 Å². The fourth-order valence-corrected chi connectivity index (χ4v) is 5.21. The van der Waals surface area contributed by atoms with Crippen molar-refractivity contribution in [3.05, 3.63) is 71.8 Å². The number of carbonyl (C=O) groups is 2. The summed E-state index contributed by atoms with van der Waals surface area (Å²) in [6.45, 7) is 5.85. The predicted octanol–water partition coefficient (Wildman–Crippen LogP) is 3.56. The molecule has 7 heteroatoms. The van der Waals surface area contributed by atoms with Gasteiger partial charge in [-0.05, 0) is 38.6 Å². The average molecular weight is 442 g/mol. The van der Waals surface area contributed by atoms with Crippen LogP contribution in [0.1, 0.15) is 29.8 Å². The molecule has 1 heterocycles. The Morgan fingerprint density at radius 2 is 1.73 bits per heavy atom. The summed E-state index contributed by atoms with van der Waals surface area (Å²) >= 11 is 6.99. The second kappa shape index (κ2) is 9.73. The fourth-order valence-electron chi connectivity index (χ4n) is 3.37. The number of amides is 2. The SMILES string of the molecule is CN(CCN1C(=O)C(NC(=O)c2ccccc2)C(C)(C)SC1=S)Cc1ccccc1. The molecule has 1 unspecified atom stereocenters. The van der Waals surface area contributed by atoms with Crippen LogP contribution in [0.3, 0.4) is 0 Å². The van der Waals surface area contributed by atoms with E-state index >= 15 is 0 Å². The lowest BCUT2D eigenvalue weighted by molar-refractivity contribution is -0.130. The average Bonchev–Trinajstić information content (AvgIpc) is 2.71. The summed E-state index contributed by atoms with van der Waals surface area (Å²) < 4.78 is 0.0359. The first-order chi connectivity index (χ1) is 14.3. The lowest BCUT2D eigenvalue weighted by Crippen LogP contribution is -2.62. The van der Waals surface area contributed by atoms with Gasteiger partial charge in [0.2, 0.25) is 0 Å². The minimum atomic E-state index is -0.652. The van der Waals surface area contributed by atoms with Crippen LogP contribution in [-0.2, 0) is 11.3 Å². The maximum atomic E-state index is 13.3. The molecule has 0 bridgehead atoms. The van der Waals surface area contributed by atoms with E-state index in [9.17, 15) is 9.59 Å². The Hall–Kier alpha value is -2.22. The third-order valence-electron chi connectivity index (χ3n) is 5.09. The van der Waals surface area contributed by atoms with E-state index in [1.807, 2.05) is 57.3 Å². The topological polar surface area (TPSA) is 52.6 Å². The first-order valence-electron chi connectivity index (χ1n) is 9.90. The maximum Gasteiger partial charge on any atom is 0.252 e. The standard InChI is InChI=1S/C23H27N3O2S2/c1-23(2)19(24-20(27)18-12-8-5-9-13-18)21(28)26(22(29)30-23)15-14-25(3)16-17-10-6-4-7-11-17/h4-13,19H,14-16H2,1-3H3,(H,24,27). The van der Waals surface area contributed by atoms with Gasteiger partial charge in [0.25, 0.3) is 11.8 Å². The molecule has 2 aromatic carbocycles. The first-order valence-corrected chi connectivity index (χ1v) is 11.1. The van der Waals surface area contributed by atoms with Crippen molar-refractivity contribution in [2.75, 3.05) is 20.1 Å². The normalized spacial score (nSPS) is 18.5. The summed E-state index contributed by atoms with van der Waals surface area (Å²) in [6.07, 6.45) is 0. The van der Waals surface area contributed by atoms with E-state index in [0.29, 0.717) is 23.0 Å². The summed E-state index contributed by atoms with van der Waals surface area (Å²) in [5.74, 6) is -0.405. The summed E-state index contributed by atoms with van der Waals surface area (Å²) in [4.78, 5) is 29.7. The second-order valence-electron chi connectivity index (χ2n) is 7.96. The molecule has 0 spiro atoms. The molecule has 158 valence electrons. The number of benzene rings is 2. The van der Waals surface area contributed by atoms with Gasteiger partial charge >= 0.3 is 0 Å². The highest BCUT2D eigenvalue weighted by Gasteiger charge is 2.46. The van der Waals surface area contributed by atoms with Crippen molar-refractivity contribution in [2.45, 2.75) is 31.2 Å². The van der Waals surface area contributed by atoms with Crippen molar-refractivity contribution in [3.8, 4) is 0 Å². The molecular weight excluding hydrogens is 414 g/mol. The van der Waals surface area contributed by atoms with E-state index in [2.05, 4.69) is 22.3 Å². The Morgan fingerprint density at radius 3 is 2.37 bits per heavy atom. The Kier molecular flexibility index (Phi) is 7.28. The van der Waals surface area contributed by atoms with E-state index in [0.717, 1.165) is 6.54 Å². The zero-order valence-corrected chi connectivity index (χ0v) is 19.1. The molecule has 1 aliphatic heterocycles. The van der Waals surface area contributed by atoms with Crippen molar-refractivity contribution >= 4 is 40.1 Å². The quantitative estimate of drug-likeness (QED) is 0.666. The van der Waals surface area contributed by atoms with Crippen LogP contribution in [0, 0.1) is 0 Å². The minimum absolute atomic E-state index is 0.152. The van der Waals surface area contributed by atoms with Crippen LogP contribution in [0.2, 0.25) is 0 Å². The minimum Gasteiger partial charge on any atom is -0.339 e. The number of nitrogens with zero attached hydrogens (tertiary/aromatic N) is 2. The molecule has 0 aliphatic carbocycles. The Morgan fingerprint density at radius 1 is 1.13 bits per heavy atom. The van der Waals surface area contributed by atoms with Crippen LogP contribution in [0.15, 0.2) is 60.7 Å². The fraction of sp³-hybridized carbons (Fsp3) is 0.348. The van der Waals surface area contributed by atoms with Gasteiger partial charge in [-0.15, -0.1) is 0 Å². The maximum absolute atomic E-state index is 13.3. The lowest BCUT2D eigenvalue weighted by atomic mass is 10.0. The van der Waals surface area contributed by atoms with E-state index in [1.165, 1.54) is 17.3 Å². The lowest BCUT2D eigenvalue weighted by Gasteiger charge is -2.43. The van der Waals surface area contributed by atoms with Crippen LogP contribution >= 0.6 is 24.0 Å². The number of thiocarbonyl (C=S) groups is 1. The van der Waals surface area contributed by atoms with Crippen molar-refractivity contribution in [1.82, 2.24) is 15.1 Å². The van der Waals surface area contributed by atoms with Gasteiger partial charge in [0, 0.05) is 29.9 Å². The number of rotatable bonds is 7. The molecule has 30 heavy (non-hydrogen) atoms. The molecule has 1 N–H and O–H groups in total. The van der Waals surface area contributed by atoms with E-state index in [-0.39, 0.29) is 11.8 Å². The molecule has 2 aromatic rings. The van der Waals surface area contributed by atoms with Crippen molar-refractivity contribution in [1.29, 1.82) is 0 Å². The van der Waals surface area contributed by atoms with Crippen molar-refractivity contribution < 1.29 is 9.59 Å². The van der Waals surface area contributed by atoms with Gasteiger partial charge in [0.1, 0.15) is 10.4 Å². The smallest absolute Gasteiger partial charge is 0.252 e. The Labute approximate surface area is 187 Å². The molecule has 2 amide bonds. The Bertz CT molecular complexity index is 903. The summed E-state index contributed by atoms with van der Waals surface area (Å²) in [5, 5.41) is 2.93. The molecular formula is C23H27N3O2S2. The van der Waals surface area contributed by atoms with Crippen molar-refractivity contribution in [2.24, 2.45) is 0 Å². The van der Waals surface area contributed by atoms with Gasteiger partial charge in [0.05, 0.1) is 0 Å². The molecule has 1 saturated heterocycles. The molecule has 1 fully saturated rings. The largest absolute Gasteiger partial charge is 0.339 e. The van der Waals surface area contributed by atoms with Gasteiger partial charge in [-0.2, -0.15) is 0 Å². The zero-order valence-electron chi connectivity index (χ0n) is 17.5. The van der Waals surface area contributed by atoms with Gasteiger partial charge in [-0.3, -0.25) is 14.5 Å². The number of nitrogens with one attached hydrogen (secondary N) is 1. The summed E-state index contributed by atoms with van der Waals surface area (Å²) in [6, 6.07) is 18.5. The highest BCUT2D eigenvalue weighted by molar-refractivity contribution is 8.24. The van der Waals surface area contributed by atoms with E-state index in [1.54, 1.807) is 17.0 Å². The van der Waals surface area contributed by atoms with Crippen LogP contribution in [0.25, 0.3) is 0 Å². The molecule has 5 nitrogen and oxygen atoms in total. The van der Waals surface area contributed by atoms with E-state index < -0.39 is 10.8 Å². The number of carbonyl (C=O) groups excluding carboxylic acids is 2. The van der Waals surface area contributed by atoms with Crippen LogP contribution in [-0.4, -0.2) is 56.9 Å². The van der Waals surface area contributed by atoms with Gasteiger partial charge in [-0.1, -0.05) is 72.5 Å². The summed E-state index contributed by atoms with van der Waals surface area (Å²) in [5.41, 5.74) is 1.75. The summed E-state index contributed by atoms with van der Waals surface area (Å²) in [7, 11) is 2.02. The number of thioether (sulfide) groups is 1. The molecule has 0 aromatic heterocycles. The first kappa shape index (κ1) is 22.5. The molecule has 0 saturated carbocycles. The third kappa shape index (κ3) is 5.47. The Balaban J connectivity index is 1.65. The zero-order chi connectivity index (χ0) is 21.7. The van der Waals surface area contributed by atoms with Gasteiger partial charge < -0.3 is 10.2 Å². The van der Waals surface area contributed by atoms with Crippen LogP contribution in [0.5, 0.6) is 0 Å². The second-order valence-corrected chi connectivity index (χ2v) is 10.2. The van der Waals surface area contributed by atoms with Crippen LogP contribution < -0.4 is 5.32 Å². The van der Waals surface area contributed by atoms with Gasteiger partial charge in [0.15, 0.2) is 0 Å². The highest BCUT2D eigenvalue weighted by Crippen LogP contribution is 2.36. The monoisotopic (exact) mass is 441 g/mol. The third-order valence-corrected chi connectivity index (χ3v) is 6.72. The van der Waals surface area contributed by atoms with Crippen LogP contribution in [0.4, 0.5) is 0 Å². The van der Waals surface area contributed by atoms with Gasteiger partial charge in [-0.25, -0.2) is 0 Å². The molecule has 1 aliphatic rings. The number of likely N-dealkylation sites (N-methyl/N-ethyl adjacent to an activating group) is 1. The molecule has 3 rings (SSSR count).